The summed E-state index contributed by atoms with van der Waals surface area (Å²) in [5, 5.41) is 10.9. The van der Waals surface area contributed by atoms with Crippen LogP contribution in [0.2, 0.25) is 0 Å². The van der Waals surface area contributed by atoms with E-state index in [0.717, 1.165) is 48.3 Å². The second-order valence-electron chi connectivity index (χ2n) is 11.0. The molecule has 5 fully saturated rings. The van der Waals surface area contributed by atoms with E-state index in [1.165, 1.54) is 38.5 Å². The van der Waals surface area contributed by atoms with Gasteiger partial charge in [0.05, 0.1) is 12.2 Å². The monoisotopic (exact) mass is 360 g/mol. The first-order valence-corrected chi connectivity index (χ1v) is 11.1. The van der Waals surface area contributed by atoms with Crippen molar-refractivity contribution in [3.8, 4) is 0 Å². The van der Waals surface area contributed by atoms with Crippen LogP contribution in [0.15, 0.2) is 0 Å². The highest BCUT2D eigenvalue weighted by Crippen LogP contribution is 2.74. The first-order chi connectivity index (χ1) is 12.4. The SMILES string of the molecule is COC[C@@]1(O)CC[C@H]2[C@@H](CC[C@@H]3[C@@H]2CC[C@]2(C)C(C(C)=O)[C@H]4C[C@H]4[C@@H]32)C1. The number of fused-ring (bicyclic) bond motifs is 7. The van der Waals surface area contributed by atoms with Crippen molar-refractivity contribution in [3.63, 3.8) is 0 Å². The molecule has 0 radical (unpaired) electrons. The molecule has 1 N–H and O–H groups in total. The predicted octanol–water partition coefficient (Wildman–Crippen LogP) is 4.08. The zero-order valence-corrected chi connectivity index (χ0v) is 16.7. The van der Waals surface area contributed by atoms with Crippen LogP contribution >= 0.6 is 0 Å². The van der Waals surface area contributed by atoms with Gasteiger partial charge in [0, 0.05) is 13.0 Å². The fraction of sp³-hybridized carbons (Fsp3) is 0.957. The summed E-state index contributed by atoms with van der Waals surface area (Å²) in [5.41, 5.74) is -0.292. The van der Waals surface area contributed by atoms with Gasteiger partial charge in [-0.05, 0) is 105 Å². The highest BCUT2D eigenvalue weighted by atomic mass is 16.5. The molecule has 5 aliphatic carbocycles. The van der Waals surface area contributed by atoms with E-state index in [0.29, 0.717) is 29.6 Å². The predicted molar refractivity (Wildman–Crippen MR) is 100 cm³/mol. The Kier molecular flexibility index (Phi) is 3.94. The number of carbonyl (C=O) groups is 1. The molecular weight excluding hydrogens is 324 g/mol. The Hall–Kier alpha value is -0.410. The Morgan fingerprint density at radius 3 is 2.54 bits per heavy atom. The van der Waals surface area contributed by atoms with Gasteiger partial charge in [0.2, 0.25) is 0 Å². The molecule has 26 heavy (non-hydrogen) atoms. The summed E-state index contributed by atoms with van der Waals surface area (Å²) < 4.78 is 5.31. The molecule has 10 atom stereocenters. The van der Waals surface area contributed by atoms with Crippen LogP contribution in [-0.2, 0) is 9.53 Å². The van der Waals surface area contributed by atoms with Crippen LogP contribution in [-0.4, -0.2) is 30.2 Å². The molecule has 5 rings (SSSR count). The van der Waals surface area contributed by atoms with Gasteiger partial charge < -0.3 is 9.84 Å². The van der Waals surface area contributed by atoms with Crippen molar-refractivity contribution in [2.75, 3.05) is 13.7 Å². The number of methoxy groups -OCH3 is 1. The molecule has 0 aliphatic heterocycles. The molecule has 0 amide bonds. The van der Waals surface area contributed by atoms with Crippen molar-refractivity contribution >= 4 is 5.78 Å². The van der Waals surface area contributed by atoms with Gasteiger partial charge >= 0.3 is 0 Å². The lowest BCUT2D eigenvalue weighted by molar-refractivity contribution is -0.139. The van der Waals surface area contributed by atoms with Gasteiger partial charge in [0.15, 0.2) is 0 Å². The largest absolute Gasteiger partial charge is 0.387 e. The average molecular weight is 361 g/mol. The van der Waals surface area contributed by atoms with Gasteiger partial charge in [-0.3, -0.25) is 4.79 Å². The number of aliphatic hydroxyl groups is 1. The minimum absolute atomic E-state index is 0.291. The molecule has 3 heteroatoms. The van der Waals surface area contributed by atoms with E-state index in [1.807, 2.05) is 6.92 Å². The summed E-state index contributed by atoms with van der Waals surface area (Å²) in [4.78, 5) is 12.4. The summed E-state index contributed by atoms with van der Waals surface area (Å²) in [6.07, 6.45) is 9.57. The van der Waals surface area contributed by atoms with Gasteiger partial charge in [-0.1, -0.05) is 6.92 Å². The minimum Gasteiger partial charge on any atom is -0.387 e. The smallest absolute Gasteiger partial charge is 0.133 e. The highest BCUT2D eigenvalue weighted by Gasteiger charge is 2.70. The maximum Gasteiger partial charge on any atom is 0.133 e. The first-order valence-electron chi connectivity index (χ1n) is 11.1. The van der Waals surface area contributed by atoms with E-state index < -0.39 is 5.60 Å². The summed E-state index contributed by atoms with van der Waals surface area (Å²) in [7, 11) is 1.71. The maximum atomic E-state index is 12.4. The number of ether oxygens (including phenoxy) is 1. The number of carbonyl (C=O) groups excluding carboxylic acids is 1. The van der Waals surface area contributed by atoms with Gasteiger partial charge in [-0.15, -0.1) is 0 Å². The molecule has 0 aromatic rings. The van der Waals surface area contributed by atoms with Gasteiger partial charge in [0.25, 0.3) is 0 Å². The number of rotatable bonds is 3. The van der Waals surface area contributed by atoms with Crippen molar-refractivity contribution < 1.29 is 14.6 Å². The molecule has 0 heterocycles. The fourth-order valence-corrected chi connectivity index (χ4v) is 9.09. The number of hydrogen-bond acceptors (Lipinski definition) is 3. The highest BCUT2D eigenvalue weighted by molar-refractivity contribution is 5.80. The summed E-state index contributed by atoms with van der Waals surface area (Å²) in [6, 6.07) is 0. The zero-order chi connectivity index (χ0) is 18.3. The van der Waals surface area contributed by atoms with E-state index >= 15 is 0 Å². The number of Topliss-reactive ketones (excluding diaryl/α,β-unsaturated/α-hetero) is 1. The van der Waals surface area contributed by atoms with Crippen LogP contribution in [0.4, 0.5) is 0 Å². The summed E-state index contributed by atoms with van der Waals surface area (Å²) in [5.74, 6) is 6.41. The van der Waals surface area contributed by atoms with Gasteiger partial charge in [-0.25, -0.2) is 0 Å². The lowest BCUT2D eigenvalue weighted by Gasteiger charge is -2.57. The number of ketones is 1. The molecule has 0 saturated heterocycles. The van der Waals surface area contributed by atoms with E-state index in [4.69, 9.17) is 4.74 Å². The van der Waals surface area contributed by atoms with E-state index in [1.54, 1.807) is 7.11 Å². The van der Waals surface area contributed by atoms with Crippen LogP contribution in [0, 0.1) is 52.8 Å². The zero-order valence-electron chi connectivity index (χ0n) is 16.7. The molecule has 3 nitrogen and oxygen atoms in total. The lowest BCUT2D eigenvalue weighted by atomic mass is 9.48. The van der Waals surface area contributed by atoms with E-state index in [-0.39, 0.29) is 0 Å². The Bertz CT molecular complexity index is 602. The third kappa shape index (κ3) is 2.35. The lowest BCUT2D eigenvalue weighted by Crippen LogP contribution is -2.53. The third-order valence-corrected chi connectivity index (χ3v) is 9.74. The van der Waals surface area contributed by atoms with Crippen molar-refractivity contribution in [2.24, 2.45) is 52.8 Å². The molecule has 0 aromatic heterocycles. The van der Waals surface area contributed by atoms with Gasteiger partial charge in [0.1, 0.15) is 5.78 Å². The average Bonchev–Trinajstić information content (AvgIpc) is 3.27. The van der Waals surface area contributed by atoms with Crippen molar-refractivity contribution in [3.05, 3.63) is 0 Å². The van der Waals surface area contributed by atoms with Crippen molar-refractivity contribution in [1.82, 2.24) is 0 Å². The second-order valence-corrected chi connectivity index (χ2v) is 11.0. The second kappa shape index (κ2) is 5.80. The molecular formula is C23H36O3. The van der Waals surface area contributed by atoms with E-state index in [9.17, 15) is 9.90 Å². The Morgan fingerprint density at radius 1 is 1.04 bits per heavy atom. The summed E-state index contributed by atoms with van der Waals surface area (Å²) in [6.45, 7) is 4.82. The van der Waals surface area contributed by atoms with Crippen molar-refractivity contribution in [1.29, 1.82) is 0 Å². The minimum atomic E-state index is -0.583. The molecule has 0 bridgehead atoms. The number of hydrogen-bond donors (Lipinski definition) is 1. The Balaban J connectivity index is 1.37. The topological polar surface area (TPSA) is 46.5 Å². The maximum absolute atomic E-state index is 12.4. The standard InChI is InChI=1S/C23H36O3/c1-13(24)20-18-10-19(18)21-17-5-4-14-11-23(25,12-26-3)9-7-15(14)16(17)6-8-22(20,21)2/h14-21,25H,4-12H2,1-3H3/t14-,15-,16+,17+,18-,19+,20?,21+,22+,23+/m0/s1. The molecule has 1 unspecified atom stereocenters. The normalized spacial score (nSPS) is 57.5. The molecule has 5 saturated carbocycles. The molecule has 5 aliphatic rings. The van der Waals surface area contributed by atoms with Crippen LogP contribution in [0.1, 0.15) is 65.2 Å². The first kappa shape index (κ1) is 17.7. The Morgan fingerprint density at radius 2 is 1.81 bits per heavy atom. The molecule has 0 spiro atoms. The van der Waals surface area contributed by atoms with Crippen LogP contribution < -0.4 is 0 Å². The molecule has 0 aromatic carbocycles. The van der Waals surface area contributed by atoms with Crippen molar-refractivity contribution in [2.45, 2.75) is 70.8 Å². The quantitative estimate of drug-likeness (QED) is 0.825. The van der Waals surface area contributed by atoms with Gasteiger partial charge in [-0.2, -0.15) is 0 Å². The summed E-state index contributed by atoms with van der Waals surface area (Å²) >= 11 is 0. The third-order valence-electron chi connectivity index (χ3n) is 9.74. The van der Waals surface area contributed by atoms with E-state index in [2.05, 4.69) is 6.92 Å². The fourth-order valence-electron chi connectivity index (χ4n) is 9.09. The van der Waals surface area contributed by atoms with Crippen LogP contribution in [0.5, 0.6) is 0 Å². The van der Waals surface area contributed by atoms with Crippen LogP contribution in [0.3, 0.4) is 0 Å². The Labute approximate surface area is 158 Å². The van der Waals surface area contributed by atoms with Crippen LogP contribution in [0.25, 0.3) is 0 Å². The molecule has 146 valence electrons.